The van der Waals surface area contributed by atoms with Crippen molar-refractivity contribution in [1.82, 2.24) is 10.2 Å². The number of nitrogens with zero attached hydrogens (tertiary/aromatic N) is 1. The molecule has 34 heavy (non-hydrogen) atoms. The normalized spacial score (nSPS) is 11.5. The van der Waals surface area contributed by atoms with Crippen LogP contribution in [0.3, 0.4) is 0 Å². The van der Waals surface area contributed by atoms with Crippen molar-refractivity contribution in [3.05, 3.63) is 101 Å². The molecule has 0 radical (unpaired) electrons. The van der Waals surface area contributed by atoms with Crippen molar-refractivity contribution in [3.8, 4) is 5.75 Å². The second-order valence-corrected chi connectivity index (χ2v) is 8.56. The topological polar surface area (TPSA) is 58.6 Å². The van der Waals surface area contributed by atoms with E-state index in [-0.39, 0.29) is 18.4 Å². The van der Waals surface area contributed by atoms with Crippen LogP contribution in [0.1, 0.15) is 35.6 Å². The molecular weight excluding hydrogens is 424 g/mol. The summed E-state index contributed by atoms with van der Waals surface area (Å²) >= 11 is 0. The molecule has 0 aliphatic rings. The predicted octanol–water partition coefficient (Wildman–Crippen LogP) is 4.85. The van der Waals surface area contributed by atoms with E-state index in [1.807, 2.05) is 99.6 Å². The summed E-state index contributed by atoms with van der Waals surface area (Å²) in [5.74, 6) is 0.293. The predicted molar refractivity (Wildman–Crippen MR) is 136 cm³/mol. The first-order chi connectivity index (χ1) is 16.5. The van der Waals surface area contributed by atoms with Gasteiger partial charge in [0.25, 0.3) is 5.91 Å². The smallest absolute Gasteiger partial charge is 0.261 e. The number of hydrogen-bond acceptors (Lipinski definition) is 3. The minimum Gasteiger partial charge on any atom is -0.484 e. The van der Waals surface area contributed by atoms with Gasteiger partial charge >= 0.3 is 0 Å². The lowest BCUT2D eigenvalue weighted by atomic mass is 10.0. The standard InChI is InChI=1S/C29H34N2O3/c1-4-17-30-29(33)26(19-24-13-6-5-7-14-24)31(20-25-15-10-11-22(2)18-25)28(32)21-34-27-16-9-8-12-23(27)3/h5-16,18,26H,4,17,19-21H2,1-3H3,(H,30,33)/t26-/m1/s1. The highest BCUT2D eigenvalue weighted by molar-refractivity contribution is 5.88. The Balaban J connectivity index is 1.90. The zero-order chi connectivity index (χ0) is 24.3. The third kappa shape index (κ3) is 7.20. The Bertz CT molecular complexity index is 1080. The summed E-state index contributed by atoms with van der Waals surface area (Å²) < 4.78 is 5.88. The molecule has 0 fully saturated rings. The van der Waals surface area contributed by atoms with Crippen LogP contribution in [-0.2, 0) is 22.6 Å². The number of carbonyl (C=O) groups excluding carboxylic acids is 2. The van der Waals surface area contributed by atoms with E-state index < -0.39 is 6.04 Å². The molecule has 178 valence electrons. The van der Waals surface area contributed by atoms with Crippen LogP contribution in [0.15, 0.2) is 78.9 Å². The maximum absolute atomic E-state index is 13.5. The van der Waals surface area contributed by atoms with Crippen molar-refractivity contribution in [2.45, 2.75) is 46.2 Å². The summed E-state index contributed by atoms with van der Waals surface area (Å²) in [5.41, 5.74) is 4.05. The molecule has 3 aromatic carbocycles. The number of hydrogen-bond donors (Lipinski definition) is 1. The van der Waals surface area contributed by atoms with Gasteiger partial charge in [0.2, 0.25) is 5.91 Å². The van der Waals surface area contributed by atoms with E-state index in [0.717, 1.165) is 28.7 Å². The number of benzene rings is 3. The second-order valence-electron chi connectivity index (χ2n) is 8.56. The molecule has 0 saturated heterocycles. The molecule has 0 spiro atoms. The lowest BCUT2D eigenvalue weighted by Gasteiger charge is -2.31. The fourth-order valence-electron chi connectivity index (χ4n) is 3.87. The Kier molecular flexibility index (Phi) is 9.27. The van der Waals surface area contributed by atoms with Gasteiger partial charge in [0.05, 0.1) is 0 Å². The molecule has 3 rings (SSSR count). The first-order valence-corrected chi connectivity index (χ1v) is 11.8. The Labute approximate surface area is 202 Å². The van der Waals surface area contributed by atoms with Crippen molar-refractivity contribution < 1.29 is 14.3 Å². The van der Waals surface area contributed by atoms with E-state index in [0.29, 0.717) is 25.3 Å². The Hall–Kier alpha value is -3.60. The van der Waals surface area contributed by atoms with Gasteiger partial charge in [-0.2, -0.15) is 0 Å². The number of ether oxygens (including phenoxy) is 1. The van der Waals surface area contributed by atoms with Gasteiger partial charge < -0.3 is 15.0 Å². The Morgan fingerprint density at radius 1 is 0.912 bits per heavy atom. The van der Waals surface area contributed by atoms with Crippen LogP contribution in [0.4, 0.5) is 0 Å². The van der Waals surface area contributed by atoms with Gasteiger partial charge in [0.1, 0.15) is 11.8 Å². The van der Waals surface area contributed by atoms with Crippen LogP contribution < -0.4 is 10.1 Å². The molecule has 5 nitrogen and oxygen atoms in total. The molecule has 2 amide bonds. The van der Waals surface area contributed by atoms with E-state index >= 15 is 0 Å². The van der Waals surface area contributed by atoms with Gasteiger partial charge in [-0.25, -0.2) is 0 Å². The Morgan fingerprint density at radius 3 is 2.32 bits per heavy atom. The molecule has 0 bridgehead atoms. The number of para-hydroxylation sites is 1. The molecule has 3 aromatic rings. The summed E-state index contributed by atoms with van der Waals surface area (Å²) in [7, 11) is 0. The highest BCUT2D eigenvalue weighted by Crippen LogP contribution is 2.19. The third-order valence-electron chi connectivity index (χ3n) is 5.70. The first-order valence-electron chi connectivity index (χ1n) is 11.8. The number of carbonyl (C=O) groups is 2. The van der Waals surface area contributed by atoms with Crippen molar-refractivity contribution in [2.75, 3.05) is 13.2 Å². The van der Waals surface area contributed by atoms with Crippen molar-refractivity contribution in [3.63, 3.8) is 0 Å². The number of amides is 2. The summed E-state index contributed by atoms with van der Waals surface area (Å²) in [6, 6.07) is 24.8. The molecule has 0 aliphatic carbocycles. The average Bonchev–Trinajstić information content (AvgIpc) is 2.84. The fourth-order valence-corrected chi connectivity index (χ4v) is 3.87. The van der Waals surface area contributed by atoms with E-state index in [9.17, 15) is 9.59 Å². The van der Waals surface area contributed by atoms with Gasteiger partial charge in [-0.15, -0.1) is 0 Å². The maximum atomic E-state index is 13.5. The van der Waals surface area contributed by atoms with Gasteiger partial charge in [-0.1, -0.05) is 85.3 Å². The van der Waals surface area contributed by atoms with Crippen molar-refractivity contribution >= 4 is 11.8 Å². The van der Waals surface area contributed by atoms with Gasteiger partial charge in [-0.05, 0) is 43.0 Å². The minimum atomic E-state index is -0.651. The molecule has 5 heteroatoms. The van der Waals surface area contributed by atoms with Crippen LogP contribution in [0.2, 0.25) is 0 Å². The molecule has 0 unspecified atom stereocenters. The summed E-state index contributed by atoms with van der Waals surface area (Å²) in [5, 5.41) is 2.99. The summed E-state index contributed by atoms with van der Waals surface area (Å²) in [4.78, 5) is 28.5. The molecule has 0 heterocycles. The highest BCUT2D eigenvalue weighted by atomic mass is 16.5. The molecule has 1 N–H and O–H groups in total. The van der Waals surface area contributed by atoms with E-state index in [1.165, 1.54) is 0 Å². The molecule has 0 aromatic heterocycles. The zero-order valence-corrected chi connectivity index (χ0v) is 20.3. The van der Waals surface area contributed by atoms with Crippen LogP contribution in [0, 0.1) is 13.8 Å². The first kappa shape index (κ1) is 25.0. The van der Waals surface area contributed by atoms with Crippen LogP contribution in [-0.4, -0.2) is 35.9 Å². The lowest BCUT2D eigenvalue weighted by molar-refractivity contribution is -0.142. The second kappa shape index (κ2) is 12.6. The van der Waals surface area contributed by atoms with E-state index in [2.05, 4.69) is 5.32 Å². The van der Waals surface area contributed by atoms with Gasteiger partial charge in [0.15, 0.2) is 6.61 Å². The fraction of sp³-hybridized carbons (Fsp3) is 0.310. The van der Waals surface area contributed by atoms with Crippen LogP contribution in [0.5, 0.6) is 5.75 Å². The van der Waals surface area contributed by atoms with Gasteiger partial charge in [-0.3, -0.25) is 9.59 Å². The van der Waals surface area contributed by atoms with Gasteiger partial charge in [0, 0.05) is 19.5 Å². The Morgan fingerprint density at radius 2 is 1.62 bits per heavy atom. The zero-order valence-electron chi connectivity index (χ0n) is 20.3. The molecular formula is C29H34N2O3. The average molecular weight is 459 g/mol. The molecule has 0 aliphatic heterocycles. The molecule has 0 saturated carbocycles. The van der Waals surface area contributed by atoms with Crippen LogP contribution >= 0.6 is 0 Å². The largest absolute Gasteiger partial charge is 0.484 e. The van der Waals surface area contributed by atoms with Crippen LogP contribution in [0.25, 0.3) is 0 Å². The molecule has 1 atom stereocenters. The summed E-state index contributed by atoms with van der Waals surface area (Å²) in [6.07, 6.45) is 1.25. The maximum Gasteiger partial charge on any atom is 0.261 e. The minimum absolute atomic E-state index is 0.136. The number of rotatable bonds is 11. The van der Waals surface area contributed by atoms with Crippen molar-refractivity contribution in [2.24, 2.45) is 0 Å². The number of aryl methyl sites for hydroxylation is 2. The SMILES string of the molecule is CCCNC(=O)[C@@H](Cc1ccccc1)N(Cc1cccc(C)c1)C(=O)COc1ccccc1C. The van der Waals surface area contributed by atoms with E-state index in [1.54, 1.807) is 4.90 Å². The van der Waals surface area contributed by atoms with E-state index in [4.69, 9.17) is 4.74 Å². The third-order valence-corrected chi connectivity index (χ3v) is 5.70. The summed E-state index contributed by atoms with van der Waals surface area (Å²) in [6.45, 7) is 6.74. The van der Waals surface area contributed by atoms with Crippen molar-refractivity contribution in [1.29, 1.82) is 0 Å². The number of nitrogens with one attached hydrogen (secondary N) is 1. The monoisotopic (exact) mass is 458 g/mol. The quantitative estimate of drug-likeness (QED) is 0.447. The lowest BCUT2D eigenvalue weighted by Crippen LogP contribution is -2.51. The highest BCUT2D eigenvalue weighted by Gasteiger charge is 2.30.